The van der Waals surface area contributed by atoms with E-state index in [0.717, 1.165) is 43.5 Å². The van der Waals surface area contributed by atoms with E-state index in [9.17, 15) is 9.90 Å². The van der Waals surface area contributed by atoms with E-state index >= 15 is 4.39 Å². The number of aliphatic hydroxyl groups excluding tert-OH is 1. The first-order chi connectivity index (χ1) is 21.9. The number of carbonyl (C=O) groups is 1. The molecular weight excluding hydrogens is 575 g/mol. The Morgan fingerprint density at radius 1 is 1.04 bits per heavy atom. The Morgan fingerprint density at radius 3 is 2.62 bits per heavy atom. The molecule has 12 heteroatoms. The number of fused-ring (bicyclic) bond motifs is 1. The highest BCUT2D eigenvalue weighted by Crippen LogP contribution is 2.33. The molecule has 3 aromatic heterocycles. The van der Waals surface area contributed by atoms with Crippen LogP contribution < -0.4 is 10.6 Å². The number of piperazine rings is 1. The number of nitrogens with one attached hydrogen (secondary N) is 3. The van der Waals surface area contributed by atoms with Crippen molar-refractivity contribution in [2.24, 2.45) is 0 Å². The monoisotopic (exact) mass is 610 g/mol. The van der Waals surface area contributed by atoms with Crippen molar-refractivity contribution in [3.8, 4) is 22.5 Å². The number of para-hydroxylation sites is 1. The largest absolute Gasteiger partial charge is 0.392 e. The first-order valence-corrected chi connectivity index (χ1v) is 14.7. The molecule has 0 bridgehead atoms. The van der Waals surface area contributed by atoms with E-state index in [1.54, 1.807) is 19.5 Å². The quantitative estimate of drug-likeness (QED) is 0.183. The van der Waals surface area contributed by atoms with Gasteiger partial charge in [0.25, 0.3) is 0 Å². The van der Waals surface area contributed by atoms with Crippen molar-refractivity contribution in [2.75, 3.05) is 57.6 Å². The van der Waals surface area contributed by atoms with Crippen LogP contribution in [0, 0.1) is 5.82 Å². The number of benzene rings is 2. The highest BCUT2D eigenvalue weighted by atomic mass is 19.1. The van der Waals surface area contributed by atoms with E-state index in [2.05, 4.69) is 47.4 Å². The van der Waals surface area contributed by atoms with Crippen LogP contribution in [0.15, 0.2) is 73.2 Å². The number of halogens is 1. The number of aromatic amines is 1. The third kappa shape index (κ3) is 6.54. The number of ether oxygens (including phenoxy) is 1. The standard InChI is InChI=1S/C33H35FN8O3/c1-41-12-14-42(15-13-41)29(20-45-2)32(44)39-28-9-5-8-24-25(17-36-31(24)28)30-26(34)18-37-33(40-30)38-22-10-11-27(35-16-22)23-7-4-3-6-21(23)19-43/h3-11,16-18,29,36,43H,12-15,19-20H2,1-2H3,(H,39,44)(H,37,38,40)/t29-/m1/s1. The summed E-state index contributed by atoms with van der Waals surface area (Å²) in [6.07, 6.45) is 4.44. The fourth-order valence-corrected chi connectivity index (χ4v) is 5.59. The third-order valence-electron chi connectivity index (χ3n) is 8.06. The number of carbonyl (C=O) groups excluding carboxylic acids is 1. The number of likely N-dealkylation sites (N-methyl/N-ethyl adjacent to an activating group) is 1. The topological polar surface area (TPSA) is 132 Å². The fraction of sp³-hybridized carbons (Fsp3) is 0.273. The molecule has 11 nitrogen and oxygen atoms in total. The molecule has 1 atom stereocenters. The van der Waals surface area contributed by atoms with Crippen molar-refractivity contribution < 1.29 is 19.0 Å². The molecule has 0 unspecified atom stereocenters. The Labute approximate surface area is 260 Å². The van der Waals surface area contributed by atoms with Gasteiger partial charge in [-0.25, -0.2) is 14.4 Å². The van der Waals surface area contributed by atoms with Gasteiger partial charge in [-0.2, -0.15) is 0 Å². The number of anilines is 3. The lowest BCUT2D eigenvalue weighted by Gasteiger charge is -2.36. The van der Waals surface area contributed by atoms with Gasteiger partial charge >= 0.3 is 0 Å². The second-order valence-corrected chi connectivity index (χ2v) is 11.0. The number of hydrogen-bond donors (Lipinski definition) is 4. The van der Waals surface area contributed by atoms with Crippen LogP contribution >= 0.6 is 0 Å². The number of aliphatic hydroxyl groups is 1. The van der Waals surface area contributed by atoms with Gasteiger partial charge in [0.15, 0.2) is 5.82 Å². The minimum Gasteiger partial charge on any atom is -0.392 e. The number of H-pyrrole nitrogens is 1. The van der Waals surface area contributed by atoms with Gasteiger partial charge in [-0.3, -0.25) is 14.7 Å². The summed E-state index contributed by atoms with van der Waals surface area (Å²) < 4.78 is 20.6. The zero-order valence-corrected chi connectivity index (χ0v) is 25.1. The summed E-state index contributed by atoms with van der Waals surface area (Å²) in [4.78, 5) is 34.2. The van der Waals surface area contributed by atoms with Crippen LogP contribution in [0.25, 0.3) is 33.4 Å². The van der Waals surface area contributed by atoms with Crippen molar-refractivity contribution >= 4 is 34.1 Å². The molecule has 2 aromatic carbocycles. The lowest BCUT2D eigenvalue weighted by molar-refractivity contribution is -0.124. The van der Waals surface area contributed by atoms with Crippen molar-refractivity contribution in [3.05, 3.63) is 84.6 Å². The molecule has 5 aromatic rings. The Morgan fingerprint density at radius 2 is 1.87 bits per heavy atom. The predicted octanol–water partition coefficient (Wildman–Crippen LogP) is 4.26. The zero-order chi connectivity index (χ0) is 31.3. The summed E-state index contributed by atoms with van der Waals surface area (Å²) in [5.41, 5.74) is 4.84. The number of pyridine rings is 1. The molecule has 4 heterocycles. The van der Waals surface area contributed by atoms with Gasteiger partial charge < -0.3 is 30.4 Å². The normalized spacial score (nSPS) is 14.8. The molecule has 1 aliphatic rings. The summed E-state index contributed by atoms with van der Waals surface area (Å²) in [6, 6.07) is 16.2. The molecule has 0 radical (unpaired) electrons. The second-order valence-electron chi connectivity index (χ2n) is 11.0. The maximum absolute atomic E-state index is 15.2. The van der Waals surface area contributed by atoms with Gasteiger partial charge in [-0.1, -0.05) is 36.4 Å². The number of amides is 1. The van der Waals surface area contributed by atoms with E-state index in [4.69, 9.17) is 4.74 Å². The predicted molar refractivity (Wildman–Crippen MR) is 172 cm³/mol. The maximum atomic E-state index is 15.2. The number of methoxy groups -OCH3 is 1. The molecule has 1 fully saturated rings. The molecular formula is C33H35FN8O3. The van der Waals surface area contributed by atoms with Crippen molar-refractivity contribution in [2.45, 2.75) is 12.6 Å². The van der Waals surface area contributed by atoms with Crippen LogP contribution in [0.2, 0.25) is 0 Å². The summed E-state index contributed by atoms with van der Waals surface area (Å²) >= 11 is 0. The smallest absolute Gasteiger partial charge is 0.244 e. The average Bonchev–Trinajstić information content (AvgIpc) is 3.50. The molecule has 1 amide bonds. The van der Waals surface area contributed by atoms with E-state index in [1.165, 1.54) is 0 Å². The molecule has 1 aliphatic heterocycles. The average molecular weight is 611 g/mol. The molecule has 6 rings (SSSR count). The van der Waals surface area contributed by atoms with Gasteiger partial charge in [-0.15, -0.1) is 0 Å². The summed E-state index contributed by atoms with van der Waals surface area (Å²) in [5, 5.41) is 16.5. The molecule has 0 spiro atoms. The number of nitrogens with zero attached hydrogens (tertiary/aromatic N) is 5. The van der Waals surface area contributed by atoms with Gasteiger partial charge in [0.05, 0.1) is 48.2 Å². The van der Waals surface area contributed by atoms with Gasteiger partial charge in [-0.05, 0) is 30.8 Å². The van der Waals surface area contributed by atoms with Crippen molar-refractivity contribution in [1.82, 2.24) is 29.7 Å². The summed E-state index contributed by atoms with van der Waals surface area (Å²) in [6.45, 7) is 3.50. The second kappa shape index (κ2) is 13.5. The minimum atomic E-state index is -0.583. The van der Waals surface area contributed by atoms with Crippen LogP contribution in [0.4, 0.5) is 21.7 Å². The lowest BCUT2D eigenvalue weighted by Crippen LogP contribution is -2.54. The Hall–Kier alpha value is -4.75. The number of aromatic nitrogens is 4. The summed E-state index contributed by atoms with van der Waals surface area (Å²) in [5.74, 6) is -0.547. The zero-order valence-electron chi connectivity index (χ0n) is 25.1. The van der Waals surface area contributed by atoms with E-state index in [1.807, 2.05) is 54.6 Å². The van der Waals surface area contributed by atoms with Crippen molar-refractivity contribution in [3.63, 3.8) is 0 Å². The van der Waals surface area contributed by atoms with Crippen LogP contribution in [0.1, 0.15) is 5.56 Å². The first kappa shape index (κ1) is 30.3. The molecule has 232 valence electrons. The summed E-state index contributed by atoms with van der Waals surface area (Å²) in [7, 11) is 3.67. The Bertz CT molecular complexity index is 1790. The maximum Gasteiger partial charge on any atom is 0.244 e. The van der Waals surface area contributed by atoms with Gasteiger partial charge in [0, 0.05) is 56.0 Å². The molecule has 0 saturated carbocycles. The molecule has 45 heavy (non-hydrogen) atoms. The van der Waals surface area contributed by atoms with Crippen LogP contribution in [-0.2, 0) is 16.1 Å². The fourth-order valence-electron chi connectivity index (χ4n) is 5.59. The van der Waals surface area contributed by atoms with Gasteiger partial charge in [0.1, 0.15) is 11.7 Å². The Balaban J connectivity index is 1.22. The first-order valence-electron chi connectivity index (χ1n) is 14.7. The molecule has 1 saturated heterocycles. The van der Waals surface area contributed by atoms with E-state index in [-0.39, 0.29) is 30.8 Å². The SMILES string of the molecule is COC[C@H](C(=O)Nc1cccc2c(-c3nc(Nc4ccc(-c5ccccc5CO)nc4)ncc3F)c[nH]c12)N1CCN(C)CC1. The van der Waals surface area contributed by atoms with Crippen molar-refractivity contribution in [1.29, 1.82) is 0 Å². The van der Waals surface area contributed by atoms with E-state index < -0.39 is 11.9 Å². The van der Waals surface area contributed by atoms with Gasteiger partial charge in [0.2, 0.25) is 11.9 Å². The highest BCUT2D eigenvalue weighted by molar-refractivity contribution is 6.06. The Kier molecular flexibility index (Phi) is 9.08. The van der Waals surface area contributed by atoms with E-state index in [0.29, 0.717) is 33.5 Å². The molecule has 4 N–H and O–H groups in total. The molecule has 0 aliphatic carbocycles. The minimum absolute atomic E-state index is 0.0866. The van der Waals surface area contributed by atoms with Crippen LogP contribution in [0.3, 0.4) is 0 Å². The number of rotatable bonds is 10. The third-order valence-corrected chi connectivity index (χ3v) is 8.06. The highest BCUT2D eigenvalue weighted by Gasteiger charge is 2.29. The lowest BCUT2D eigenvalue weighted by atomic mass is 10.0. The van der Waals surface area contributed by atoms with Crippen LogP contribution in [-0.4, -0.2) is 93.7 Å². The van der Waals surface area contributed by atoms with Crippen LogP contribution in [0.5, 0.6) is 0 Å². The number of hydrogen-bond acceptors (Lipinski definition) is 9.